The first-order valence-corrected chi connectivity index (χ1v) is 10.8. The van der Waals surface area contributed by atoms with E-state index in [1.807, 2.05) is 6.92 Å². The number of ether oxygens (including phenoxy) is 1. The molecule has 1 fully saturated rings. The molecule has 1 saturated heterocycles. The Labute approximate surface area is 182 Å². The molecule has 166 valence electrons. The Hall–Kier alpha value is -2.93. The van der Waals surface area contributed by atoms with Gasteiger partial charge in [-0.1, -0.05) is 25.1 Å². The predicted molar refractivity (Wildman–Crippen MR) is 117 cm³/mol. The van der Waals surface area contributed by atoms with Crippen molar-refractivity contribution in [2.75, 3.05) is 26.2 Å². The Morgan fingerprint density at radius 1 is 1.13 bits per heavy atom. The highest BCUT2D eigenvalue weighted by Crippen LogP contribution is 2.17. The minimum atomic E-state index is -0.284. The molecule has 6 nitrogen and oxygen atoms in total. The molecule has 31 heavy (non-hydrogen) atoms. The van der Waals surface area contributed by atoms with Gasteiger partial charge in [0.15, 0.2) is 0 Å². The number of carbonyl (C=O) groups is 2. The monoisotopic (exact) mass is 427 g/mol. The number of hydrogen-bond donors (Lipinski definition) is 2. The lowest BCUT2D eigenvalue weighted by molar-refractivity contribution is -0.122. The average Bonchev–Trinajstić information content (AvgIpc) is 2.79. The SMILES string of the molecule is CCCNC(=O)CN1CCC(NC(=O)c2cccc(OCc3ccc(F)cc3)c2)CC1. The lowest BCUT2D eigenvalue weighted by atomic mass is 10.0. The molecule has 0 aromatic heterocycles. The molecule has 7 heteroatoms. The molecular weight excluding hydrogens is 397 g/mol. The molecule has 0 aliphatic carbocycles. The van der Waals surface area contributed by atoms with Crippen LogP contribution in [-0.2, 0) is 11.4 Å². The number of likely N-dealkylation sites (tertiary alicyclic amines) is 1. The van der Waals surface area contributed by atoms with Crippen LogP contribution < -0.4 is 15.4 Å². The summed E-state index contributed by atoms with van der Waals surface area (Å²) in [4.78, 5) is 26.6. The second-order valence-electron chi connectivity index (χ2n) is 7.82. The smallest absolute Gasteiger partial charge is 0.251 e. The van der Waals surface area contributed by atoms with E-state index in [1.165, 1.54) is 12.1 Å². The van der Waals surface area contributed by atoms with Gasteiger partial charge < -0.3 is 15.4 Å². The third kappa shape index (κ3) is 7.36. The largest absolute Gasteiger partial charge is 0.489 e. The van der Waals surface area contributed by atoms with Gasteiger partial charge in [-0.2, -0.15) is 0 Å². The first-order chi connectivity index (χ1) is 15.0. The van der Waals surface area contributed by atoms with Crippen LogP contribution in [0.1, 0.15) is 42.1 Å². The molecule has 0 saturated carbocycles. The van der Waals surface area contributed by atoms with Crippen LogP contribution in [0.25, 0.3) is 0 Å². The maximum Gasteiger partial charge on any atom is 0.251 e. The van der Waals surface area contributed by atoms with Crippen molar-refractivity contribution in [2.24, 2.45) is 0 Å². The zero-order valence-electron chi connectivity index (χ0n) is 17.9. The number of nitrogens with zero attached hydrogens (tertiary/aromatic N) is 1. The molecule has 1 aliphatic rings. The van der Waals surface area contributed by atoms with Gasteiger partial charge in [0.05, 0.1) is 6.54 Å². The van der Waals surface area contributed by atoms with Crippen molar-refractivity contribution in [1.82, 2.24) is 15.5 Å². The van der Waals surface area contributed by atoms with E-state index in [4.69, 9.17) is 4.74 Å². The molecule has 2 aromatic rings. The summed E-state index contributed by atoms with van der Waals surface area (Å²) in [6.45, 7) is 5.01. The van der Waals surface area contributed by atoms with Gasteiger partial charge in [-0.3, -0.25) is 14.5 Å². The van der Waals surface area contributed by atoms with Crippen molar-refractivity contribution in [2.45, 2.75) is 38.8 Å². The molecule has 3 rings (SSSR count). The van der Waals surface area contributed by atoms with E-state index >= 15 is 0 Å². The standard InChI is InChI=1S/C24H30FN3O3/c1-2-12-26-23(29)16-28-13-10-21(11-14-28)27-24(30)19-4-3-5-22(15-19)31-17-18-6-8-20(25)9-7-18/h3-9,15,21H,2,10-14,16-17H2,1H3,(H,26,29)(H,27,30). The molecular formula is C24H30FN3O3. The molecule has 0 atom stereocenters. The predicted octanol–water partition coefficient (Wildman–Crippen LogP) is 3.13. The topological polar surface area (TPSA) is 70.7 Å². The maximum atomic E-state index is 13.0. The minimum Gasteiger partial charge on any atom is -0.489 e. The van der Waals surface area contributed by atoms with Gasteiger partial charge in [-0.15, -0.1) is 0 Å². The van der Waals surface area contributed by atoms with Crippen molar-refractivity contribution in [1.29, 1.82) is 0 Å². The Morgan fingerprint density at radius 3 is 2.58 bits per heavy atom. The second-order valence-corrected chi connectivity index (χ2v) is 7.82. The number of amides is 2. The summed E-state index contributed by atoms with van der Waals surface area (Å²) in [5.74, 6) is 0.228. The van der Waals surface area contributed by atoms with E-state index in [9.17, 15) is 14.0 Å². The van der Waals surface area contributed by atoms with Gasteiger partial charge in [0.25, 0.3) is 5.91 Å². The van der Waals surface area contributed by atoms with Gasteiger partial charge in [0.1, 0.15) is 18.2 Å². The maximum absolute atomic E-state index is 13.0. The third-order valence-electron chi connectivity index (χ3n) is 5.28. The summed E-state index contributed by atoms with van der Waals surface area (Å²) in [7, 11) is 0. The highest BCUT2D eigenvalue weighted by atomic mass is 19.1. The first-order valence-electron chi connectivity index (χ1n) is 10.8. The summed E-state index contributed by atoms with van der Waals surface area (Å²) in [5.41, 5.74) is 1.39. The van der Waals surface area contributed by atoms with Gasteiger partial charge >= 0.3 is 0 Å². The van der Waals surface area contributed by atoms with Crippen LogP contribution in [0, 0.1) is 5.82 Å². The van der Waals surface area contributed by atoms with E-state index < -0.39 is 0 Å². The molecule has 2 amide bonds. The van der Waals surface area contributed by atoms with E-state index in [0.717, 1.165) is 37.9 Å². The lowest BCUT2D eigenvalue weighted by Crippen LogP contribution is -2.47. The highest BCUT2D eigenvalue weighted by Gasteiger charge is 2.22. The molecule has 1 heterocycles. The van der Waals surface area contributed by atoms with Crippen molar-refractivity contribution in [3.63, 3.8) is 0 Å². The molecule has 0 spiro atoms. The highest BCUT2D eigenvalue weighted by molar-refractivity contribution is 5.94. The Morgan fingerprint density at radius 2 is 1.87 bits per heavy atom. The number of carbonyl (C=O) groups excluding carboxylic acids is 2. The van der Waals surface area contributed by atoms with Crippen molar-refractivity contribution < 1.29 is 18.7 Å². The second kappa shape index (κ2) is 11.5. The number of rotatable bonds is 9. The summed E-state index contributed by atoms with van der Waals surface area (Å²) in [6, 6.07) is 13.3. The Kier molecular flexibility index (Phi) is 8.41. The van der Waals surface area contributed by atoms with Gasteiger partial charge in [0, 0.05) is 31.2 Å². The number of halogens is 1. The van der Waals surface area contributed by atoms with E-state index in [0.29, 0.717) is 31.0 Å². The molecule has 0 radical (unpaired) electrons. The van der Waals surface area contributed by atoms with Crippen LogP contribution in [0.15, 0.2) is 48.5 Å². The molecule has 1 aliphatic heterocycles. The number of hydrogen-bond acceptors (Lipinski definition) is 4. The zero-order chi connectivity index (χ0) is 22.1. The molecule has 2 aromatic carbocycles. The van der Waals surface area contributed by atoms with Crippen LogP contribution in [0.2, 0.25) is 0 Å². The number of piperidine rings is 1. The number of benzene rings is 2. The molecule has 2 N–H and O–H groups in total. The summed E-state index contributed by atoms with van der Waals surface area (Å²) < 4.78 is 18.7. The van der Waals surface area contributed by atoms with Crippen molar-refractivity contribution >= 4 is 11.8 Å². The summed E-state index contributed by atoms with van der Waals surface area (Å²) in [5, 5.41) is 5.98. The summed E-state index contributed by atoms with van der Waals surface area (Å²) in [6.07, 6.45) is 2.55. The van der Waals surface area contributed by atoms with Crippen LogP contribution in [0.5, 0.6) is 5.75 Å². The third-order valence-corrected chi connectivity index (χ3v) is 5.28. The van der Waals surface area contributed by atoms with Crippen molar-refractivity contribution in [3.8, 4) is 5.75 Å². The van der Waals surface area contributed by atoms with Gasteiger partial charge in [0.2, 0.25) is 5.91 Å². The molecule has 0 bridgehead atoms. The lowest BCUT2D eigenvalue weighted by Gasteiger charge is -2.31. The van der Waals surface area contributed by atoms with Gasteiger partial charge in [-0.05, 0) is 55.2 Å². The Balaban J connectivity index is 1.45. The van der Waals surface area contributed by atoms with Crippen LogP contribution in [0.4, 0.5) is 4.39 Å². The van der Waals surface area contributed by atoms with Gasteiger partial charge in [-0.25, -0.2) is 4.39 Å². The van der Waals surface area contributed by atoms with Crippen LogP contribution >= 0.6 is 0 Å². The first kappa shape index (κ1) is 22.7. The summed E-state index contributed by atoms with van der Waals surface area (Å²) >= 11 is 0. The zero-order valence-corrected chi connectivity index (χ0v) is 17.9. The van der Waals surface area contributed by atoms with Crippen LogP contribution in [-0.4, -0.2) is 48.9 Å². The fourth-order valence-electron chi connectivity index (χ4n) is 3.50. The average molecular weight is 428 g/mol. The van der Waals surface area contributed by atoms with E-state index in [1.54, 1.807) is 36.4 Å². The van der Waals surface area contributed by atoms with E-state index in [-0.39, 0.29) is 23.7 Å². The minimum absolute atomic E-state index is 0.0572. The molecule has 0 unspecified atom stereocenters. The van der Waals surface area contributed by atoms with Crippen molar-refractivity contribution in [3.05, 3.63) is 65.5 Å². The quantitative estimate of drug-likeness (QED) is 0.645. The Bertz CT molecular complexity index is 865. The number of nitrogens with one attached hydrogen (secondary N) is 2. The fourth-order valence-corrected chi connectivity index (χ4v) is 3.50. The van der Waals surface area contributed by atoms with Crippen LogP contribution in [0.3, 0.4) is 0 Å². The van der Waals surface area contributed by atoms with E-state index in [2.05, 4.69) is 15.5 Å². The fraction of sp³-hybridized carbons (Fsp3) is 0.417. The normalized spacial score (nSPS) is 14.8.